The van der Waals surface area contributed by atoms with Crippen LogP contribution in [0.3, 0.4) is 0 Å². The number of carbonyl (C=O) groups is 1. The molecule has 0 atom stereocenters. The van der Waals surface area contributed by atoms with Crippen molar-refractivity contribution in [1.29, 1.82) is 0 Å². The minimum atomic E-state index is -3.17. The normalized spacial score (nSPS) is 10.6. The minimum absolute atomic E-state index is 0.0292. The lowest BCUT2D eigenvalue weighted by Crippen LogP contribution is -2.29. The van der Waals surface area contributed by atoms with E-state index < -0.39 is 21.6 Å². The van der Waals surface area contributed by atoms with Gasteiger partial charge in [-0.3, -0.25) is 4.79 Å². The number of amides is 1. The van der Waals surface area contributed by atoms with E-state index in [0.717, 1.165) is 18.4 Å². The SMILES string of the molecule is CS(=O)(=O)CCNC(=O)c1ccc(F)cc1C#CCCO. The smallest absolute Gasteiger partial charge is 0.252 e. The molecular formula is C14H16FNO4S. The van der Waals surface area contributed by atoms with Crippen LogP contribution in [-0.4, -0.2) is 44.6 Å². The summed E-state index contributed by atoms with van der Waals surface area (Å²) in [4.78, 5) is 11.9. The minimum Gasteiger partial charge on any atom is -0.395 e. The number of rotatable bonds is 5. The summed E-state index contributed by atoms with van der Waals surface area (Å²) in [5.41, 5.74) is 0.357. The molecule has 21 heavy (non-hydrogen) atoms. The molecule has 2 N–H and O–H groups in total. The van der Waals surface area contributed by atoms with Crippen molar-refractivity contribution >= 4 is 15.7 Å². The molecule has 0 bridgehead atoms. The molecule has 0 aliphatic heterocycles. The number of nitrogens with one attached hydrogen (secondary N) is 1. The van der Waals surface area contributed by atoms with E-state index in [4.69, 9.17) is 5.11 Å². The molecule has 0 spiro atoms. The fourth-order valence-corrected chi connectivity index (χ4v) is 1.95. The molecule has 7 heteroatoms. The fraction of sp³-hybridized carbons (Fsp3) is 0.357. The predicted molar refractivity (Wildman–Crippen MR) is 77.0 cm³/mol. The zero-order chi connectivity index (χ0) is 15.9. The number of benzene rings is 1. The number of aliphatic hydroxyl groups excluding tert-OH is 1. The van der Waals surface area contributed by atoms with Crippen molar-refractivity contribution in [2.45, 2.75) is 6.42 Å². The van der Waals surface area contributed by atoms with Crippen LogP contribution in [0.15, 0.2) is 18.2 Å². The predicted octanol–water partition coefficient (Wildman–Crippen LogP) is 0.334. The standard InChI is InChI=1S/C14H16FNO4S/c1-21(19,20)9-7-16-14(18)13-6-5-12(15)10-11(13)4-2-3-8-17/h5-6,10,17H,3,7-9H2,1H3,(H,16,18). The van der Waals surface area contributed by atoms with Crippen molar-refractivity contribution in [2.24, 2.45) is 0 Å². The van der Waals surface area contributed by atoms with Gasteiger partial charge in [0.05, 0.1) is 17.9 Å². The molecule has 0 radical (unpaired) electrons. The monoisotopic (exact) mass is 313 g/mol. The van der Waals surface area contributed by atoms with E-state index in [9.17, 15) is 17.6 Å². The summed E-state index contributed by atoms with van der Waals surface area (Å²) in [5, 5.41) is 11.1. The zero-order valence-electron chi connectivity index (χ0n) is 11.5. The third-order valence-corrected chi connectivity index (χ3v) is 3.39. The van der Waals surface area contributed by atoms with E-state index in [1.54, 1.807) is 0 Å². The van der Waals surface area contributed by atoms with E-state index in [-0.39, 0.29) is 36.5 Å². The molecule has 0 aliphatic rings. The molecule has 0 fully saturated rings. The average molecular weight is 313 g/mol. The van der Waals surface area contributed by atoms with Gasteiger partial charge in [-0.05, 0) is 18.2 Å². The summed E-state index contributed by atoms with van der Waals surface area (Å²) in [5.74, 6) is 4.00. The highest BCUT2D eigenvalue weighted by Gasteiger charge is 2.12. The number of hydrogen-bond donors (Lipinski definition) is 2. The highest BCUT2D eigenvalue weighted by Crippen LogP contribution is 2.10. The summed E-state index contributed by atoms with van der Waals surface area (Å²) < 4.78 is 35.2. The van der Waals surface area contributed by atoms with Crippen LogP contribution in [0.1, 0.15) is 22.3 Å². The van der Waals surface area contributed by atoms with Crippen LogP contribution in [0.2, 0.25) is 0 Å². The largest absolute Gasteiger partial charge is 0.395 e. The lowest BCUT2D eigenvalue weighted by molar-refractivity contribution is 0.0956. The van der Waals surface area contributed by atoms with Gasteiger partial charge < -0.3 is 10.4 Å². The highest BCUT2D eigenvalue weighted by atomic mass is 32.2. The van der Waals surface area contributed by atoms with Crippen LogP contribution in [0.5, 0.6) is 0 Å². The van der Waals surface area contributed by atoms with E-state index in [1.165, 1.54) is 6.07 Å². The molecule has 1 rings (SSSR count). The molecule has 0 unspecified atom stereocenters. The van der Waals surface area contributed by atoms with E-state index in [0.29, 0.717) is 0 Å². The first-order valence-electron chi connectivity index (χ1n) is 6.18. The molecule has 0 aromatic heterocycles. The molecule has 0 saturated carbocycles. The summed E-state index contributed by atoms with van der Waals surface area (Å²) >= 11 is 0. The first kappa shape index (κ1) is 17.1. The maximum Gasteiger partial charge on any atom is 0.252 e. The molecule has 0 aliphatic carbocycles. The highest BCUT2D eigenvalue weighted by molar-refractivity contribution is 7.90. The van der Waals surface area contributed by atoms with Gasteiger partial charge in [0.2, 0.25) is 0 Å². The van der Waals surface area contributed by atoms with Gasteiger partial charge >= 0.3 is 0 Å². The van der Waals surface area contributed by atoms with Gasteiger partial charge in [-0.1, -0.05) is 11.8 Å². The van der Waals surface area contributed by atoms with Gasteiger partial charge in [0.25, 0.3) is 5.91 Å². The first-order chi connectivity index (χ1) is 9.83. The van der Waals surface area contributed by atoms with E-state index >= 15 is 0 Å². The molecule has 1 aromatic rings. The summed E-state index contributed by atoms with van der Waals surface area (Å²) in [6.07, 6.45) is 1.29. The lowest BCUT2D eigenvalue weighted by atomic mass is 10.1. The van der Waals surface area contributed by atoms with Crippen LogP contribution in [0.4, 0.5) is 4.39 Å². The number of aliphatic hydroxyl groups is 1. The maximum atomic E-state index is 13.2. The van der Waals surface area contributed by atoms with Crippen molar-refractivity contribution in [3.63, 3.8) is 0 Å². The van der Waals surface area contributed by atoms with Crippen molar-refractivity contribution in [3.8, 4) is 11.8 Å². The Morgan fingerprint density at radius 1 is 1.43 bits per heavy atom. The van der Waals surface area contributed by atoms with E-state index in [2.05, 4.69) is 17.2 Å². The van der Waals surface area contributed by atoms with Crippen molar-refractivity contribution in [3.05, 3.63) is 35.1 Å². The van der Waals surface area contributed by atoms with Gasteiger partial charge in [0.1, 0.15) is 15.7 Å². The van der Waals surface area contributed by atoms with Crippen LogP contribution >= 0.6 is 0 Å². The average Bonchev–Trinajstić information content (AvgIpc) is 2.37. The van der Waals surface area contributed by atoms with Crippen molar-refractivity contribution in [2.75, 3.05) is 25.2 Å². The third kappa shape index (κ3) is 6.38. The number of halogens is 1. The molecule has 0 saturated heterocycles. The third-order valence-electron chi connectivity index (χ3n) is 2.44. The van der Waals surface area contributed by atoms with Gasteiger partial charge in [-0.25, -0.2) is 12.8 Å². The Hall–Kier alpha value is -1.91. The molecule has 5 nitrogen and oxygen atoms in total. The first-order valence-corrected chi connectivity index (χ1v) is 8.25. The molecule has 0 heterocycles. The molecule has 114 valence electrons. The van der Waals surface area contributed by atoms with Gasteiger partial charge in [0.15, 0.2) is 0 Å². The second-order valence-electron chi connectivity index (χ2n) is 4.35. The Labute approximate surface area is 123 Å². The van der Waals surface area contributed by atoms with Gasteiger partial charge in [0, 0.05) is 24.8 Å². The number of hydrogen-bond acceptors (Lipinski definition) is 4. The molecule has 1 aromatic carbocycles. The Kier molecular flexibility index (Phi) is 6.34. The lowest BCUT2D eigenvalue weighted by Gasteiger charge is -2.06. The van der Waals surface area contributed by atoms with Crippen molar-refractivity contribution < 1.29 is 22.7 Å². The topological polar surface area (TPSA) is 83.5 Å². The zero-order valence-corrected chi connectivity index (χ0v) is 12.3. The van der Waals surface area contributed by atoms with Crippen LogP contribution in [0, 0.1) is 17.7 Å². The molecule has 1 amide bonds. The summed E-state index contributed by atoms with van der Waals surface area (Å²) in [7, 11) is -3.17. The van der Waals surface area contributed by atoms with E-state index in [1.807, 2.05) is 0 Å². The Bertz CT molecular complexity index is 674. The summed E-state index contributed by atoms with van der Waals surface area (Å²) in [6.45, 7) is -0.156. The maximum absolute atomic E-state index is 13.2. The van der Waals surface area contributed by atoms with Gasteiger partial charge in [-0.15, -0.1) is 0 Å². The quantitative estimate of drug-likeness (QED) is 0.768. The Morgan fingerprint density at radius 3 is 2.76 bits per heavy atom. The Balaban J connectivity index is 2.86. The Morgan fingerprint density at radius 2 is 2.14 bits per heavy atom. The number of sulfone groups is 1. The second kappa shape index (κ2) is 7.76. The van der Waals surface area contributed by atoms with Gasteiger partial charge in [-0.2, -0.15) is 0 Å². The second-order valence-corrected chi connectivity index (χ2v) is 6.61. The number of carbonyl (C=O) groups excluding carboxylic acids is 1. The van der Waals surface area contributed by atoms with Crippen LogP contribution < -0.4 is 5.32 Å². The van der Waals surface area contributed by atoms with Crippen LogP contribution in [-0.2, 0) is 9.84 Å². The fourth-order valence-electron chi connectivity index (χ4n) is 1.48. The summed E-state index contributed by atoms with van der Waals surface area (Å²) in [6, 6.07) is 3.53. The van der Waals surface area contributed by atoms with Crippen molar-refractivity contribution in [1.82, 2.24) is 5.32 Å². The molecular weight excluding hydrogens is 297 g/mol. The van der Waals surface area contributed by atoms with Crippen LogP contribution in [0.25, 0.3) is 0 Å².